The number of Topliss-reactive ketones (excluding diaryl/α,β-unsaturated/α-hetero) is 1. The summed E-state index contributed by atoms with van der Waals surface area (Å²) < 4.78 is 0. The molecule has 1 aromatic rings. The second-order valence-corrected chi connectivity index (χ2v) is 5.89. The molecule has 1 aliphatic heterocycles. The number of ketones is 1. The Morgan fingerprint density at radius 2 is 1.95 bits per heavy atom. The van der Waals surface area contributed by atoms with Gasteiger partial charge < -0.3 is 5.32 Å². The molecule has 3 aliphatic rings. The second kappa shape index (κ2) is 3.16. The Hall–Kier alpha value is -1.90. The van der Waals surface area contributed by atoms with E-state index in [9.17, 15) is 9.59 Å². The highest BCUT2D eigenvalue weighted by Crippen LogP contribution is 2.63. The highest BCUT2D eigenvalue weighted by atomic mass is 16.2. The summed E-state index contributed by atoms with van der Waals surface area (Å²) >= 11 is 0. The number of carbonyl (C=O) groups excluding carboxylic acids is 2. The smallest absolute Gasteiger partial charge is 0.239 e. The molecule has 0 aromatic heterocycles. The van der Waals surface area contributed by atoms with Crippen molar-refractivity contribution in [3.63, 3.8) is 0 Å². The first kappa shape index (κ1) is 11.0. The molecule has 2 aliphatic carbocycles. The summed E-state index contributed by atoms with van der Waals surface area (Å²) in [5.41, 5.74) is 1.38. The van der Waals surface area contributed by atoms with E-state index in [1.54, 1.807) is 0 Å². The largest absolute Gasteiger partial charge is 0.329 e. The van der Waals surface area contributed by atoms with E-state index in [-0.39, 0.29) is 11.7 Å². The maximum Gasteiger partial charge on any atom is 0.239 e. The minimum absolute atomic E-state index is 0.0156. The first-order chi connectivity index (χ1) is 9.12. The molecule has 1 amide bonds. The predicted molar refractivity (Wildman–Crippen MR) is 70.6 cm³/mol. The molecular weight excluding hydrogens is 238 g/mol. The van der Waals surface area contributed by atoms with Gasteiger partial charge in [-0.2, -0.15) is 0 Å². The van der Waals surface area contributed by atoms with Crippen LogP contribution in [0.3, 0.4) is 0 Å². The molecule has 0 bridgehead atoms. The number of amides is 1. The predicted octanol–water partition coefficient (Wildman–Crippen LogP) is 2.32. The Morgan fingerprint density at radius 1 is 1.16 bits per heavy atom. The molecule has 0 radical (unpaired) electrons. The first-order valence-corrected chi connectivity index (χ1v) is 6.77. The van der Waals surface area contributed by atoms with Crippen molar-refractivity contribution in [2.24, 2.45) is 5.41 Å². The summed E-state index contributed by atoms with van der Waals surface area (Å²) in [6.45, 7) is 1.90. The van der Waals surface area contributed by atoms with Crippen LogP contribution < -0.4 is 5.32 Å². The minimum atomic E-state index is -0.879. The Bertz CT molecular complexity index is 660. The molecular formula is C16H15NO2. The van der Waals surface area contributed by atoms with Crippen molar-refractivity contribution in [2.45, 2.75) is 31.6 Å². The van der Waals surface area contributed by atoms with Crippen LogP contribution in [0.4, 0.5) is 0 Å². The summed E-state index contributed by atoms with van der Waals surface area (Å²) in [6.07, 6.45) is 4.60. The number of hydrogen-bond acceptors (Lipinski definition) is 2. The molecule has 1 saturated carbocycles. The highest BCUT2D eigenvalue weighted by Gasteiger charge is 2.69. The lowest BCUT2D eigenvalue weighted by Gasteiger charge is -2.40. The number of fused-ring (bicyclic) bond motifs is 1. The molecule has 1 aromatic carbocycles. The quantitative estimate of drug-likeness (QED) is 0.721. The van der Waals surface area contributed by atoms with Crippen LogP contribution in [0, 0.1) is 5.41 Å². The number of rotatable bonds is 0. The third kappa shape index (κ3) is 0.982. The Morgan fingerprint density at radius 3 is 2.79 bits per heavy atom. The van der Waals surface area contributed by atoms with Gasteiger partial charge in [0.05, 0.1) is 0 Å². The maximum atomic E-state index is 12.9. The fourth-order valence-corrected chi connectivity index (χ4v) is 4.43. The minimum Gasteiger partial charge on any atom is -0.329 e. The third-order valence-electron chi connectivity index (χ3n) is 5.09. The SMILES string of the molecule is CC1=CC23CCCC2(C(=O)N1)C(=O)c1ccccc13. The van der Waals surface area contributed by atoms with Gasteiger partial charge in [-0.15, -0.1) is 0 Å². The van der Waals surface area contributed by atoms with Crippen molar-refractivity contribution in [1.29, 1.82) is 0 Å². The van der Waals surface area contributed by atoms with Crippen molar-refractivity contribution in [2.75, 3.05) is 0 Å². The van der Waals surface area contributed by atoms with E-state index in [0.717, 1.165) is 29.7 Å². The molecule has 19 heavy (non-hydrogen) atoms. The summed E-state index contributed by atoms with van der Waals surface area (Å²) in [4.78, 5) is 25.4. The summed E-state index contributed by atoms with van der Waals surface area (Å²) in [5, 5.41) is 2.87. The van der Waals surface area contributed by atoms with Gasteiger partial charge in [0.25, 0.3) is 0 Å². The zero-order valence-electron chi connectivity index (χ0n) is 10.8. The number of hydrogen-bond donors (Lipinski definition) is 1. The maximum absolute atomic E-state index is 12.9. The van der Waals surface area contributed by atoms with Gasteiger partial charge in [0.1, 0.15) is 5.41 Å². The van der Waals surface area contributed by atoms with Crippen molar-refractivity contribution in [3.05, 3.63) is 47.2 Å². The van der Waals surface area contributed by atoms with Crippen LogP contribution in [0.2, 0.25) is 0 Å². The summed E-state index contributed by atoms with van der Waals surface area (Å²) in [6, 6.07) is 7.72. The summed E-state index contributed by atoms with van der Waals surface area (Å²) in [5.74, 6) is -0.0898. The van der Waals surface area contributed by atoms with Crippen LogP contribution in [0.15, 0.2) is 36.0 Å². The van der Waals surface area contributed by atoms with Crippen LogP contribution >= 0.6 is 0 Å². The molecule has 3 heteroatoms. The van der Waals surface area contributed by atoms with Crippen LogP contribution in [0.5, 0.6) is 0 Å². The zero-order valence-corrected chi connectivity index (χ0v) is 10.8. The second-order valence-electron chi connectivity index (χ2n) is 5.89. The Labute approximate surface area is 111 Å². The van der Waals surface area contributed by atoms with Crippen molar-refractivity contribution >= 4 is 11.7 Å². The van der Waals surface area contributed by atoms with E-state index in [0.29, 0.717) is 6.42 Å². The van der Waals surface area contributed by atoms with Gasteiger partial charge in [-0.1, -0.05) is 36.8 Å². The van der Waals surface area contributed by atoms with E-state index in [2.05, 4.69) is 11.4 Å². The molecule has 3 nitrogen and oxygen atoms in total. The molecule has 1 heterocycles. The van der Waals surface area contributed by atoms with Gasteiger partial charge >= 0.3 is 0 Å². The lowest BCUT2D eigenvalue weighted by Crippen LogP contribution is -2.54. The van der Waals surface area contributed by atoms with E-state index in [1.165, 1.54) is 0 Å². The molecule has 1 fully saturated rings. The number of nitrogens with one attached hydrogen (secondary N) is 1. The van der Waals surface area contributed by atoms with Gasteiger partial charge in [-0.05, 0) is 25.3 Å². The Kier molecular flexibility index (Phi) is 1.82. The standard InChI is InChI=1S/C16H15NO2/c1-10-9-15-7-4-8-16(15,14(19)17-10)13(18)11-5-2-3-6-12(11)15/h2-3,5-6,9H,4,7-8H2,1H3,(H,17,19). The number of allylic oxidation sites excluding steroid dienone is 2. The Balaban J connectivity index is 2.13. The van der Waals surface area contributed by atoms with E-state index < -0.39 is 10.8 Å². The van der Waals surface area contributed by atoms with E-state index in [4.69, 9.17) is 0 Å². The topological polar surface area (TPSA) is 46.2 Å². The van der Waals surface area contributed by atoms with Gasteiger partial charge in [0, 0.05) is 16.7 Å². The van der Waals surface area contributed by atoms with Crippen molar-refractivity contribution in [1.82, 2.24) is 5.32 Å². The van der Waals surface area contributed by atoms with Gasteiger partial charge in [-0.3, -0.25) is 9.59 Å². The molecule has 0 saturated heterocycles. The third-order valence-corrected chi connectivity index (χ3v) is 5.09. The average Bonchev–Trinajstić information content (AvgIpc) is 2.87. The number of benzene rings is 1. The van der Waals surface area contributed by atoms with Gasteiger partial charge in [0.15, 0.2) is 5.78 Å². The van der Waals surface area contributed by atoms with Crippen LogP contribution in [0.25, 0.3) is 0 Å². The molecule has 4 rings (SSSR count). The fraction of sp³-hybridized carbons (Fsp3) is 0.375. The highest BCUT2D eigenvalue weighted by molar-refractivity contribution is 6.20. The van der Waals surface area contributed by atoms with Crippen molar-refractivity contribution in [3.8, 4) is 0 Å². The van der Waals surface area contributed by atoms with Gasteiger partial charge in [-0.25, -0.2) is 0 Å². The molecule has 1 N–H and O–H groups in total. The van der Waals surface area contributed by atoms with E-state index >= 15 is 0 Å². The average molecular weight is 253 g/mol. The fourth-order valence-electron chi connectivity index (χ4n) is 4.43. The summed E-state index contributed by atoms with van der Waals surface area (Å²) in [7, 11) is 0. The first-order valence-electron chi connectivity index (χ1n) is 6.77. The molecule has 0 spiro atoms. The number of carbonyl (C=O) groups is 2. The van der Waals surface area contributed by atoms with Crippen LogP contribution in [0.1, 0.15) is 42.1 Å². The van der Waals surface area contributed by atoms with Crippen LogP contribution in [-0.4, -0.2) is 11.7 Å². The van der Waals surface area contributed by atoms with Gasteiger partial charge in [0.2, 0.25) is 5.91 Å². The molecule has 2 unspecified atom stereocenters. The van der Waals surface area contributed by atoms with Crippen molar-refractivity contribution < 1.29 is 9.59 Å². The monoisotopic (exact) mass is 253 g/mol. The van der Waals surface area contributed by atoms with E-state index in [1.807, 2.05) is 31.2 Å². The normalized spacial score (nSPS) is 35.3. The lowest BCUT2D eigenvalue weighted by atomic mass is 9.63. The lowest BCUT2D eigenvalue weighted by molar-refractivity contribution is -0.129. The molecule has 2 atom stereocenters. The zero-order chi connectivity index (χ0) is 13.3. The van der Waals surface area contributed by atoms with Crippen LogP contribution in [-0.2, 0) is 10.2 Å². The molecule has 96 valence electrons.